The van der Waals surface area contributed by atoms with Crippen LogP contribution in [0.1, 0.15) is 40.0 Å². The lowest BCUT2D eigenvalue weighted by Gasteiger charge is -2.28. The van der Waals surface area contributed by atoms with Crippen LogP contribution in [0.5, 0.6) is 0 Å². The Balaban J connectivity index is 4.08. The summed E-state index contributed by atoms with van der Waals surface area (Å²) in [6.45, 7) is 8.55. The van der Waals surface area contributed by atoms with Gasteiger partial charge in [-0.3, -0.25) is 0 Å². The van der Waals surface area contributed by atoms with Gasteiger partial charge < -0.3 is 19.0 Å². The van der Waals surface area contributed by atoms with Gasteiger partial charge in [-0.25, -0.2) is 0 Å². The van der Waals surface area contributed by atoms with Gasteiger partial charge in [0.25, 0.3) is 0 Å². The molecule has 0 amide bonds. The molecule has 0 bridgehead atoms. The van der Waals surface area contributed by atoms with Crippen LogP contribution in [-0.2, 0) is 13.3 Å². The summed E-state index contributed by atoms with van der Waals surface area (Å²) >= 11 is 0. The third kappa shape index (κ3) is 8.00. The molecule has 108 valence electrons. The quantitative estimate of drug-likeness (QED) is 0.338. The first-order chi connectivity index (χ1) is 8.74. The molecule has 0 aromatic carbocycles. The van der Waals surface area contributed by atoms with Crippen LogP contribution in [0.3, 0.4) is 0 Å². The molecule has 0 aromatic rings. The fraction of sp³-hybridized carbons (Fsp3) is 0.846. The molecule has 0 heterocycles. The Labute approximate surface area is 113 Å². The maximum atomic E-state index is 5.79. The predicted molar refractivity (Wildman–Crippen MR) is 77.5 cm³/mol. The monoisotopic (exact) mass is 275 g/mol. The standard InChI is InChI=1S/C13H29NO3Si/c1-4-15-18(16-5-2,17-6-3)13-11-9-7-8-10-12-14/h8,10H,4-7,9,11-14H2,1-3H3. The molecule has 0 atom stereocenters. The molecule has 0 spiro atoms. The predicted octanol–water partition coefficient (Wildman–Crippen LogP) is 2.72. The Kier molecular flexibility index (Phi) is 11.7. The summed E-state index contributed by atoms with van der Waals surface area (Å²) in [6.07, 6.45) is 7.38. The number of allylic oxidation sites excluding steroid dienone is 1. The van der Waals surface area contributed by atoms with E-state index in [0.29, 0.717) is 26.4 Å². The smallest absolute Gasteiger partial charge is 0.374 e. The van der Waals surface area contributed by atoms with Gasteiger partial charge >= 0.3 is 8.80 Å². The molecule has 0 fully saturated rings. The molecule has 18 heavy (non-hydrogen) atoms. The van der Waals surface area contributed by atoms with E-state index in [2.05, 4.69) is 6.08 Å². The van der Waals surface area contributed by atoms with Crippen molar-refractivity contribution in [1.82, 2.24) is 0 Å². The Morgan fingerprint density at radius 3 is 1.89 bits per heavy atom. The third-order valence-corrected chi connectivity index (χ3v) is 5.65. The van der Waals surface area contributed by atoms with E-state index in [4.69, 9.17) is 19.0 Å². The summed E-state index contributed by atoms with van der Waals surface area (Å²) in [5.41, 5.74) is 5.39. The van der Waals surface area contributed by atoms with Crippen LogP contribution in [0.15, 0.2) is 12.2 Å². The molecule has 0 unspecified atom stereocenters. The lowest BCUT2D eigenvalue weighted by molar-refractivity contribution is 0.0707. The average molecular weight is 275 g/mol. The Hall–Kier alpha value is -0.203. The molecule has 2 N–H and O–H groups in total. The van der Waals surface area contributed by atoms with E-state index >= 15 is 0 Å². The number of rotatable bonds is 12. The topological polar surface area (TPSA) is 53.7 Å². The minimum absolute atomic E-state index is 0.621. The maximum Gasteiger partial charge on any atom is 0.500 e. The summed E-state index contributed by atoms with van der Waals surface area (Å²) in [4.78, 5) is 0. The van der Waals surface area contributed by atoms with Crippen LogP contribution in [0, 0.1) is 0 Å². The van der Waals surface area contributed by atoms with E-state index in [0.717, 1.165) is 25.3 Å². The van der Waals surface area contributed by atoms with Crippen LogP contribution >= 0.6 is 0 Å². The Morgan fingerprint density at radius 1 is 0.889 bits per heavy atom. The minimum atomic E-state index is -2.41. The molecule has 0 aliphatic heterocycles. The van der Waals surface area contributed by atoms with E-state index in [-0.39, 0.29) is 0 Å². The molecule has 0 aromatic heterocycles. The summed E-state index contributed by atoms with van der Waals surface area (Å²) in [5.74, 6) is 0. The molecule has 0 aliphatic rings. The van der Waals surface area contributed by atoms with Crippen LogP contribution in [-0.4, -0.2) is 35.2 Å². The molecule has 4 nitrogen and oxygen atoms in total. The van der Waals surface area contributed by atoms with Crippen molar-refractivity contribution in [2.45, 2.75) is 46.1 Å². The van der Waals surface area contributed by atoms with Gasteiger partial charge in [-0.05, 0) is 40.0 Å². The van der Waals surface area contributed by atoms with Gasteiger partial charge in [-0.1, -0.05) is 12.2 Å². The van der Waals surface area contributed by atoms with Crippen LogP contribution in [0.2, 0.25) is 6.04 Å². The number of unbranched alkanes of at least 4 members (excludes halogenated alkanes) is 2. The summed E-state index contributed by atoms with van der Waals surface area (Å²) < 4.78 is 17.4. The van der Waals surface area contributed by atoms with Crippen molar-refractivity contribution in [1.29, 1.82) is 0 Å². The number of hydrogen-bond acceptors (Lipinski definition) is 4. The highest BCUT2D eigenvalue weighted by atomic mass is 28.4. The zero-order chi connectivity index (χ0) is 13.7. The SMILES string of the molecule is CCO[Si](CCCCC=CCN)(OCC)OCC. The van der Waals surface area contributed by atoms with Crippen molar-refractivity contribution in [2.24, 2.45) is 5.73 Å². The fourth-order valence-electron chi connectivity index (χ4n) is 1.82. The third-order valence-electron chi connectivity index (χ3n) is 2.50. The molecule has 0 saturated carbocycles. The molecule has 0 saturated heterocycles. The normalized spacial score (nSPS) is 12.4. The highest BCUT2D eigenvalue weighted by molar-refractivity contribution is 6.60. The van der Waals surface area contributed by atoms with Crippen LogP contribution in [0.25, 0.3) is 0 Å². The zero-order valence-electron chi connectivity index (χ0n) is 12.1. The summed E-state index contributed by atoms with van der Waals surface area (Å²) in [6, 6.07) is 0.902. The molecule has 5 heteroatoms. The minimum Gasteiger partial charge on any atom is -0.374 e. The molecule has 0 rings (SSSR count). The van der Waals surface area contributed by atoms with Crippen LogP contribution in [0.4, 0.5) is 0 Å². The van der Waals surface area contributed by atoms with Crippen molar-refractivity contribution >= 4 is 8.80 Å². The van der Waals surface area contributed by atoms with Crippen molar-refractivity contribution in [3.05, 3.63) is 12.2 Å². The highest BCUT2D eigenvalue weighted by Crippen LogP contribution is 2.19. The second kappa shape index (κ2) is 11.9. The van der Waals surface area contributed by atoms with E-state index in [9.17, 15) is 0 Å². The molecular weight excluding hydrogens is 246 g/mol. The highest BCUT2D eigenvalue weighted by Gasteiger charge is 2.39. The van der Waals surface area contributed by atoms with Gasteiger partial charge in [0.2, 0.25) is 0 Å². The van der Waals surface area contributed by atoms with Gasteiger partial charge in [0.1, 0.15) is 0 Å². The van der Waals surface area contributed by atoms with E-state index < -0.39 is 8.80 Å². The summed E-state index contributed by atoms with van der Waals surface area (Å²) in [7, 11) is -2.41. The Morgan fingerprint density at radius 2 is 1.44 bits per heavy atom. The summed E-state index contributed by atoms with van der Waals surface area (Å²) in [5, 5.41) is 0. The maximum absolute atomic E-state index is 5.79. The lowest BCUT2D eigenvalue weighted by atomic mass is 10.2. The van der Waals surface area contributed by atoms with Gasteiger partial charge in [-0.15, -0.1) is 0 Å². The van der Waals surface area contributed by atoms with Gasteiger partial charge in [0.15, 0.2) is 0 Å². The van der Waals surface area contributed by atoms with Crippen molar-refractivity contribution in [2.75, 3.05) is 26.4 Å². The number of nitrogens with two attached hydrogens (primary N) is 1. The Bertz CT molecular complexity index is 195. The fourth-order valence-corrected chi connectivity index (χ4v) is 4.50. The van der Waals surface area contributed by atoms with E-state index in [1.807, 2.05) is 26.8 Å². The largest absolute Gasteiger partial charge is 0.500 e. The molecular formula is C13H29NO3Si. The van der Waals surface area contributed by atoms with Gasteiger partial charge in [-0.2, -0.15) is 0 Å². The molecule has 0 radical (unpaired) electrons. The van der Waals surface area contributed by atoms with E-state index in [1.54, 1.807) is 0 Å². The van der Waals surface area contributed by atoms with Crippen LogP contribution < -0.4 is 5.73 Å². The zero-order valence-corrected chi connectivity index (χ0v) is 13.1. The van der Waals surface area contributed by atoms with Gasteiger partial charge in [0.05, 0.1) is 0 Å². The second-order valence-electron chi connectivity index (χ2n) is 3.93. The average Bonchev–Trinajstić information content (AvgIpc) is 2.35. The van der Waals surface area contributed by atoms with E-state index in [1.165, 1.54) is 0 Å². The van der Waals surface area contributed by atoms with Crippen molar-refractivity contribution in [3.8, 4) is 0 Å². The first kappa shape index (κ1) is 17.8. The van der Waals surface area contributed by atoms with Crippen molar-refractivity contribution in [3.63, 3.8) is 0 Å². The second-order valence-corrected chi connectivity index (χ2v) is 6.67. The number of hydrogen-bond donors (Lipinski definition) is 1. The molecule has 0 aliphatic carbocycles. The lowest BCUT2D eigenvalue weighted by Crippen LogP contribution is -2.45. The first-order valence-corrected chi connectivity index (χ1v) is 8.94. The van der Waals surface area contributed by atoms with Crippen molar-refractivity contribution < 1.29 is 13.3 Å². The van der Waals surface area contributed by atoms with Gasteiger partial charge in [0, 0.05) is 32.4 Å². The first-order valence-electron chi connectivity index (χ1n) is 7.01.